The standard InChI is InChI=1S/C26H23ClP2.Ni/c27-26(29(24-17-9-3-10-18-24)25-19-11-4-12-20-25)21-28(22-13-5-1-6-14-22)23-15-7-2-8-16-23;/h1-20,26H,21H2;. The number of alkyl halides is 1. The van der Waals surface area contributed by atoms with Crippen LogP contribution in [-0.2, 0) is 16.5 Å². The second-order valence-electron chi connectivity index (χ2n) is 6.76. The van der Waals surface area contributed by atoms with Crippen LogP contribution in [0.15, 0.2) is 121 Å². The fourth-order valence-electron chi connectivity index (χ4n) is 3.46. The molecule has 0 amide bonds. The first-order chi connectivity index (χ1) is 14.3. The van der Waals surface area contributed by atoms with Crippen LogP contribution in [0.4, 0.5) is 0 Å². The Morgan fingerprint density at radius 3 is 1.13 bits per heavy atom. The van der Waals surface area contributed by atoms with Crippen LogP contribution in [0, 0.1) is 0 Å². The van der Waals surface area contributed by atoms with E-state index in [1.165, 1.54) is 21.2 Å². The van der Waals surface area contributed by atoms with E-state index in [1.807, 2.05) is 0 Å². The average molecular weight is 492 g/mol. The van der Waals surface area contributed by atoms with Gasteiger partial charge in [-0.3, -0.25) is 0 Å². The van der Waals surface area contributed by atoms with E-state index in [0.29, 0.717) is 0 Å². The predicted molar refractivity (Wildman–Crippen MR) is 133 cm³/mol. The maximum atomic E-state index is 7.26. The van der Waals surface area contributed by atoms with Gasteiger partial charge in [-0.15, -0.1) is 11.6 Å². The predicted octanol–water partition coefficient (Wildman–Crippen LogP) is 5.81. The van der Waals surface area contributed by atoms with Gasteiger partial charge in [-0.1, -0.05) is 121 Å². The van der Waals surface area contributed by atoms with E-state index < -0.39 is 15.8 Å². The van der Waals surface area contributed by atoms with Crippen molar-refractivity contribution in [1.29, 1.82) is 0 Å². The molecule has 4 rings (SSSR count). The minimum atomic E-state index is -0.644. The molecule has 0 aromatic heterocycles. The van der Waals surface area contributed by atoms with Crippen LogP contribution >= 0.6 is 27.4 Å². The second-order valence-corrected chi connectivity index (χ2v) is 12.2. The molecule has 1 unspecified atom stereocenters. The van der Waals surface area contributed by atoms with Gasteiger partial charge in [-0.05, 0) is 43.2 Å². The van der Waals surface area contributed by atoms with Gasteiger partial charge in [-0.25, -0.2) is 0 Å². The zero-order chi connectivity index (χ0) is 19.9. The summed E-state index contributed by atoms with van der Waals surface area (Å²) in [6.45, 7) is 0. The molecule has 0 aliphatic rings. The first-order valence-electron chi connectivity index (χ1n) is 9.74. The molecule has 0 bridgehead atoms. The van der Waals surface area contributed by atoms with E-state index in [2.05, 4.69) is 121 Å². The van der Waals surface area contributed by atoms with Crippen molar-refractivity contribution in [2.24, 2.45) is 0 Å². The SMILES string of the molecule is ClC(CP(c1ccccc1)c1ccccc1)P(c1ccccc1)c1ccccc1.[Ni]. The topological polar surface area (TPSA) is 0 Å². The summed E-state index contributed by atoms with van der Waals surface area (Å²) in [7, 11) is -1.16. The van der Waals surface area contributed by atoms with Crippen molar-refractivity contribution in [3.8, 4) is 0 Å². The molecular formula is C26H23ClNiP2. The molecule has 4 aromatic carbocycles. The summed E-state index contributed by atoms with van der Waals surface area (Å²) in [5.41, 5.74) is 0. The van der Waals surface area contributed by atoms with Gasteiger partial charge < -0.3 is 0 Å². The van der Waals surface area contributed by atoms with Gasteiger partial charge in [0.15, 0.2) is 0 Å². The number of rotatable bonds is 7. The molecule has 0 N–H and O–H groups in total. The molecule has 154 valence electrons. The molecule has 0 spiro atoms. The van der Waals surface area contributed by atoms with Gasteiger partial charge in [0.25, 0.3) is 0 Å². The number of halogens is 1. The van der Waals surface area contributed by atoms with Crippen LogP contribution in [0.25, 0.3) is 0 Å². The smallest absolute Gasteiger partial charge is 0.0661 e. The summed E-state index contributed by atoms with van der Waals surface area (Å²) in [5.74, 6) is 0. The first kappa shape index (κ1) is 23.2. The Bertz CT molecular complexity index is 919. The molecule has 0 nitrogen and oxygen atoms in total. The van der Waals surface area contributed by atoms with E-state index in [4.69, 9.17) is 11.6 Å². The third kappa shape index (κ3) is 5.81. The van der Waals surface area contributed by atoms with Crippen LogP contribution in [-0.4, -0.2) is 11.3 Å². The zero-order valence-corrected chi connectivity index (χ0v) is 20.0. The summed E-state index contributed by atoms with van der Waals surface area (Å²) >= 11 is 7.26. The molecule has 30 heavy (non-hydrogen) atoms. The number of hydrogen-bond acceptors (Lipinski definition) is 0. The summed E-state index contributed by atoms with van der Waals surface area (Å²) in [5, 5.41) is 5.50. The normalized spacial score (nSPS) is 11.8. The molecule has 0 aliphatic carbocycles. The van der Waals surface area contributed by atoms with E-state index in [9.17, 15) is 0 Å². The summed E-state index contributed by atoms with van der Waals surface area (Å²) in [6, 6.07) is 43.2. The maximum Gasteiger partial charge on any atom is 0.0661 e. The van der Waals surface area contributed by atoms with Gasteiger partial charge in [0.2, 0.25) is 0 Å². The third-order valence-corrected chi connectivity index (χ3v) is 11.1. The fourth-order valence-corrected chi connectivity index (χ4v) is 9.71. The minimum Gasteiger partial charge on any atom is -0.117 e. The molecule has 4 heteroatoms. The Hall–Kier alpha value is -1.48. The van der Waals surface area contributed by atoms with E-state index >= 15 is 0 Å². The molecule has 0 saturated heterocycles. The van der Waals surface area contributed by atoms with Crippen molar-refractivity contribution in [3.05, 3.63) is 121 Å². The van der Waals surface area contributed by atoms with E-state index in [1.54, 1.807) is 0 Å². The fraction of sp³-hybridized carbons (Fsp3) is 0.0769. The molecule has 0 heterocycles. The first-order valence-corrected chi connectivity index (χ1v) is 13.1. The molecule has 0 aliphatic heterocycles. The van der Waals surface area contributed by atoms with Crippen molar-refractivity contribution < 1.29 is 16.5 Å². The molecule has 1 atom stereocenters. The minimum absolute atomic E-state index is 0. The van der Waals surface area contributed by atoms with Gasteiger partial charge in [0.05, 0.1) is 5.12 Å². The van der Waals surface area contributed by atoms with Crippen molar-refractivity contribution >= 4 is 48.7 Å². The van der Waals surface area contributed by atoms with Gasteiger partial charge in [-0.2, -0.15) is 0 Å². The largest absolute Gasteiger partial charge is 0.117 e. The Kier molecular flexibility index (Phi) is 9.12. The molecule has 0 fully saturated rings. The summed E-state index contributed by atoms with van der Waals surface area (Å²) in [4.78, 5) is 0. The van der Waals surface area contributed by atoms with Crippen molar-refractivity contribution in [2.75, 3.05) is 6.16 Å². The third-order valence-electron chi connectivity index (χ3n) is 4.82. The Balaban J connectivity index is 0.00000256. The zero-order valence-electron chi connectivity index (χ0n) is 16.4. The quantitative estimate of drug-likeness (QED) is 0.174. The molecule has 0 saturated carbocycles. The van der Waals surface area contributed by atoms with Crippen LogP contribution in [0.3, 0.4) is 0 Å². The molecule has 0 radical (unpaired) electrons. The van der Waals surface area contributed by atoms with Crippen LogP contribution in [0.1, 0.15) is 0 Å². The monoisotopic (exact) mass is 490 g/mol. The van der Waals surface area contributed by atoms with E-state index in [0.717, 1.165) is 6.16 Å². The average Bonchev–Trinajstić information content (AvgIpc) is 2.80. The molecule has 4 aromatic rings. The van der Waals surface area contributed by atoms with Crippen LogP contribution in [0.2, 0.25) is 0 Å². The number of hydrogen-bond donors (Lipinski definition) is 0. The summed E-state index contributed by atoms with van der Waals surface area (Å²) in [6.07, 6.45) is 0.959. The Morgan fingerprint density at radius 1 is 0.500 bits per heavy atom. The van der Waals surface area contributed by atoms with Crippen LogP contribution in [0.5, 0.6) is 0 Å². The summed E-state index contributed by atoms with van der Waals surface area (Å²) < 4.78 is 0. The second kappa shape index (κ2) is 11.8. The van der Waals surface area contributed by atoms with E-state index in [-0.39, 0.29) is 21.6 Å². The maximum absolute atomic E-state index is 7.26. The van der Waals surface area contributed by atoms with Crippen molar-refractivity contribution in [1.82, 2.24) is 0 Å². The number of benzene rings is 4. The van der Waals surface area contributed by atoms with Gasteiger partial charge in [0.1, 0.15) is 0 Å². The Labute approximate surface area is 197 Å². The molecular weight excluding hydrogens is 468 g/mol. The van der Waals surface area contributed by atoms with Crippen molar-refractivity contribution in [2.45, 2.75) is 5.12 Å². The van der Waals surface area contributed by atoms with Crippen molar-refractivity contribution in [3.63, 3.8) is 0 Å². The van der Waals surface area contributed by atoms with Gasteiger partial charge in [0, 0.05) is 16.5 Å². The van der Waals surface area contributed by atoms with Crippen LogP contribution < -0.4 is 21.2 Å². The Morgan fingerprint density at radius 2 is 0.800 bits per heavy atom. The van der Waals surface area contributed by atoms with Gasteiger partial charge >= 0.3 is 0 Å².